The summed E-state index contributed by atoms with van der Waals surface area (Å²) in [6.07, 6.45) is 2.73. The van der Waals surface area contributed by atoms with Crippen molar-refractivity contribution >= 4 is 22.2 Å². The monoisotopic (exact) mass is 487 g/mol. The fourth-order valence-electron chi connectivity index (χ4n) is 5.36. The Kier molecular flexibility index (Phi) is 5.87. The fourth-order valence-corrected chi connectivity index (χ4v) is 5.36. The largest absolute Gasteiger partial charge is 0.377 e. The summed E-state index contributed by atoms with van der Waals surface area (Å²) >= 11 is 0. The van der Waals surface area contributed by atoms with Crippen LogP contribution >= 0.6 is 0 Å². The van der Waals surface area contributed by atoms with Gasteiger partial charge in [0.1, 0.15) is 5.54 Å². The Bertz CT molecular complexity index is 1500. The molecule has 1 aromatic heterocycles. The van der Waals surface area contributed by atoms with Crippen LogP contribution < -0.4 is 0 Å². The van der Waals surface area contributed by atoms with Crippen molar-refractivity contribution in [2.45, 2.75) is 12.0 Å². The highest BCUT2D eigenvalue weighted by Crippen LogP contribution is 2.44. The lowest BCUT2D eigenvalue weighted by atomic mass is 9.77. The van der Waals surface area contributed by atoms with Crippen LogP contribution in [0.15, 0.2) is 115 Å². The smallest absolute Gasteiger partial charge is 0.270 e. The Labute approximate surface area is 214 Å². The first-order valence-corrected chi connectivity index (χ1v) is 12.3. The molecule has 5 aromatic rings. The van der Waals surface area contributed by atoms with E-state index in [-0.39, 0.29) is 10.6 Å². The van der Waals surface area contributed by atoms with Crippen molar-refractivity contribution in [1.29, 1.82) is 0 Å². The molecule has 6 heteroatoms. The zero-order valence-electron chi connectivity index (χ0n) is 20.2. The summed E-state index contributed by atoms with van der Waals surface area (Å²) in [6.45, 7) is 1.09. The van der Waals surface area contributed by atoms with Crippen molar-refractivity contribution in [2.75, 3.05) is 13.2 Å². The number of aromatic nitrogens is 2. The number of rotatable bonds is 6. The van der Waals surface area contributed by atoms with E-state index < -0.39 is 5.54 Å². The second-order valence-corrected chi connectivity index (χ2v) is 9.08. The van der Waals surface area contributed by atoms with Gasteiger partial charge in [-0.15, -0.1) is 0 Å². The maximum Gasteiger partial charge on any atom is 0.270 e. The molecule has 0 bridgehead atoms. The van der Waals surface area contributed by atoms with E-state index in [9.17, 15) is 10.1 Å². The maximum atomic E-state index is 11.7. The van der Waals surface area contributed by atoms with E-state index in [1.54, 1.807) is 12.1 Å². The first-order chi connectivity index (χ1) is 18.2. The second-order valence-electron chi connectivity index (χ2n) is 9.08. The van der Waals surface area contributed by atoms with Gasteiger partial charge < -0.3 is 4.74 Å². The molecule has 0 radical (unpaired) electrons. The molecule has 6 nitrogen and oxygen atoms in total. The van der Waals surface area contributed by atoms with Crippen molar-refractivity contribution in [3.63, 3.8) is 0 Å². The number of non-ortho nitro benzene ring substituents is 1. The lowest BCUT2D eigenvalue weighted by molar-refractivity contribution is -0.384. The topological polar surface area (TPSA) is 70.2 Å². The van der Waals surface area contributed by atoms with Gasteiger partial charge in [-0.3, -0.25) is 10.1 Å². The van der Waals surface area contributed by atoms with Crippen molar-refractivity contribution in [1.82, 2.24) is 9.78 Å². The molecular formula is C31H25N3O3. The number of hydrogen-bond donors (Lipinski definition) is 0. The van der Waals surface area contributed by atoms with Crippen LogP contribution in [0.3, 0.4) is 0 Å². The molecule has 182 valence electrons. The fraction of sp³-hybridized carbons (Fsp3) is 0.129. The number of benzene rings is 4. The summed E-state index contributed by atoms with van der Waals surface area (Å²) < 4.78 is 7.61. The zero-order chi connectivity index (χ0) is 25.2. The maximum absolute atomic E-state index is 11.7. The van der Waals surface area contributed by atoms with E-state index in [0.29, 0.717) is 19.6 Å². The summed E-state index contributed by atoms with van der Waals surface area (Å²) in [5.74, 6) is 0. The highest BCUT2D eigenvalue weighted by atomic mass is 16.6. The van der Waals surface area contributed by atoms with Crippen LogP contribution in [-0.4, -0.2) is 27.9 Å². The van der Waals surface area contributed by atoms with Gasteiger partial charge in [-0.05, 0) is 34.8 Å². The molecule has 0 unspecified atom stereocenters. The van der Waals surface area contributed by atoms with Crippen molar-refractivity contribution in [3.05, 3.63) is 148 Å². The predicted octanol–water partition coefficient (Wildman–Crippen LogP) is 6.59. The van der Waals surface area contributed by atoms with Gasteiger partial charge in [0.15, 0.2) is 0 Å². The highest BCUT2D eigenvalue weighted by Gasteiger charge is 2.41. The van der Waals surface area contributed by atoms with E-state index in [1.807, 2.05) is 66.7 Å². The zero-order valence-corrected chi connectivity index (χ0v) is 20.2. The third kappa shape index (κ3) is 3.82. The van der Waals surface area contributed by atoms with E-state index in [0.717, 1.165) is 38.9 Å². The van der Waals surface area contributed by atoms with E-state index in [1.165, 1.54) is 0 Å². The Morgan fingerprint density at radius 1 is 0.811 bits per heavy atom. The average Bonchev–Trinajstić information content (AvgIpc) is 3.35. The van der Waals surface area contributed by atoms with Gasteiger partial charge in [0.05, 0.1) is 29.3 Å². The first-order valence-electron chi connectivity index (χ1n) is 12.3. The molecule has 0 spiro atoms. The molecule has 37 heavy (non-hydrogen) atoms. The summed E-state index contributed by atoms with van der Waals surface area (Å²) in [5.41, 5.74) is 4.98. The SMILES string of the molecule is O=[N+]([O-])c1ccc2c(c1)c(C1=CCOCC1)nn2C(c1ccccc1)(c1ccccc1)c1ccccc1. The van der Waals surface area contributed by atoms with E-state index in [2.05, 4.69) is 41.1 Å². The average molecular weight is 488 g/mol. The number of ether oxygens (including phenoxy) is 1. The lowest BCUT2D eigenvalue weighted by Gasteiger charge is -2.37. The van der Waals surface area contributed by atoms with E-state index >= 15 is 0 Å². The normalized spacial score (nSPS) is 13.9. The third-order valence-electron chi connectivity index (χ3n) is 7.03. The summed E-state index contributed by atoms with van der Waals surface area (Å²) in [5, 5.41) is 17.8. The molecule has 0 N–H and O–H groups in total. The number of hydrogen-bond acceptors (Lipinski definition) is 4. The minimum Gasteiger partial charge on any atom is -0.377 e. The van der Waals surface area contributed by atoms with Crippen LogP contribution in [0.2, 0.25) is 0 Å². The van der Waals surface area contributed by atoms with Gasteiger partial charge in [-0.2, -0.15) is 5.10 Å². The quantitative estimate of drug-likeness (QED) is 0.154. The molecule has 4 aromatic carbocycles. The molecule has 0 saturated heterocycles. The van der Waals surface area contributed by atoms with Crippen LogP contribution in [0.1, 0.15) is 28.8 Å². The first kappa shape index (κ1) is 22.9. The Morgan fingerprint density at radius 2 is 1.38 bits per heavy atom. The van der Waals surface area contributed by atoms with Crippen LogP contribution in [0.25, 0.3) is 16.5 Å². The molecular weight excluding hydrogens is 462 g/mol. The molecule has 0 saturated carbocycles. The minimum absolute atomic E-state index is 0.0469. The molecule has 1 aliphatic heterocycles. The van der Waals surface area contributed by atoms with Crippen molar-refractivity contribution < 1.29 is 9.66 Å². The van der Waals surface area contributed by atoms with Crippen molar-refractivity contribution in [3.8, 4) is 0 Å². The van der Waals surface area contributed by atoms with Gasteiger partial charge in [0, 0.05) is 17.5 Å². The molecule has 1 aliphatic rings. The molecule has 0 fully saturated rings. The number of nitro benzene ring substituents is 1. The molecule has 0 aliphatic carbocycles. The molecule has 6 rings (SSSR count). The third-order valence-corrected chi connectivity index (χ3v) is 7.03. The highest BCUT2D eigenvalue weighted by molar-refractivity contribution is 5.93. The van der Waals surface area contributed by atoms with Crippen LogP contribution in [0.4, 0.5) is 5.69 Å². The summed E-state index contributed by atoms with van der Waals surface area (Å²) in [4.78, 5) is 11.4. The molecule has 0 amide bonds. The number of nitrogens with zero attached hydrogens (tertiary/aromatic N) is 3. The van der Waals surface area contributed by atoms with Crippen LogP contribution in [-0.2, 0) is 10.3 Å². The number of nitro groups is 1. The summed E-state index contributed by atoms with van der Waals surface area (Å²) in [6, 6.07) is 36.0. The van der Waals surface area contributed by atoms with Crippen LogP contribution in [0.5, 0.6) is 0 Å². The molecule has 0 atom stereocenters. The van der Waals surface area contributed by atoms with Gasteiger partial charge in [0.2, 0.25) is 0 Å². The van der Waals surface area contributed by atoms with Crippen molar-refractivity contribution in [2.24, 2.45) is 0 Å². The minimum atomic E-state index is -0.817. The Hall–Kier alpha value is -4.55. The predicted molar refractivity (Wildman–Crippen MR) is 144 cm³/mol. The van der Waals surface area contributed by atoms with Gasteiger partial charge in [0.25, 0.3) is 5.69 Å². The Morgan fingerprint density at radius 3 is 1.86 bits per heavy atom. The van der Waals surface area contributed by atoms with Gasteiger partial charge in [-0.1, -0.05) is 97.1 Å². The summed E-state index contributed by atoms with van der Waals surface area (Å²) in [7, 11) is 0. The van der Waals surface area contributed by atoms with E-state index in [4.69, 9.17) is 9.84 Å². The Balaban J connectivity index is 1.77. The second kappa shape index (κ2) is 9.48. The lowest BCUT2D eigenvalue weighted by Crippen LogP contribution is -2.38. The van der Waals surface area contributed by atoms with Gasteiger partial charge in [-0.25, -0.2) is 4.68 Å². The van der Waals surface area contributed by atoms with Gasteiger partial charge >= 0.3 is 0 Å². The number of fused-ring (bicyclic) bond motifs is 1. The standard InChI is InChI=1S/C31H25N3O3/c35-34(36)27-16-17-29-28(22-27)30(23-18-20-37-21-19-23)32-33(29)31(24-10-4-1-5-11-24,25-12-6-2-7-13-25)26-14-8-3-9-15-26/h1-18,22H,19-21H2. The van der Waals surface area contributed by atoms with Crippen LogP contribution in [0, 0.1) is 10.1 Å². The molecule has 2 heterocycles.